The minimum atomic E-state index is -0.524. The van der Waals surface area contributed by atoms with Crippen LogP contribution < -0.4 is 9.80 Å². The van der Waals surface area contributed by atoms with E-state index in [-0.39, 0.29) is 11.4 Å². The number of nitrogens with zero attached hydrogens (tertiary/aromatic N) is 8. The quantitative estimate of drug-likeness (QED) is 0.0877. The van der Waals surface area contributed by atoms with Gasteiger partial charge in [-0.2, -0.15) is 14.9 Å². The molecule has 2 unspecified atom stereocenters. The average molecular weight is 753 g/mol. The molecule has 1 aliphatic rings. The molecule has 10 heteroatoms. The Morgan fingerprint density at radius 1 is 0.800 bits per heavy atom. The minimum absolute atomic E-state index is 0.00952. The van der Waals surface area contributed by atoms with Crippen LogP contribution in [0.15, 0.2) is 107 Å². The third kappa shape index (κ3) is 8.95. The van der Waals surface area contributed by atoms with E-state index in [2.05, 4.69) is 50.8 Å². The predicted octanol–water partition coefficient (Wildman–Crippen LogP) is 11.7. The summed E-state index contributed by atoms with van der Waals surface area (Å²) in [5.41, 5.74) is 4.28. The number of carbonyl (C=O) groups is 1. The lowest BCUT2D eigenvalue weighted by Gasteiger charge is -2.30. The van der Waals surface area contributed by atoms with Crippen LogP contribution in [-0.4, -0.2) is 44.5 Å². The Balaban J connectivity index is 1.51. The van der Waals surface area contributed by atoms with Crippen molar-refractivity contribution in [1.29, 1.82) is 5.26 Å². The molecule has 55 heavy (non-hydrogen) atoms. The number of aliphatic imine (C=N–C) groups is 1. The van der Waals surface area contributed by atoms with Crippen molar-refractivity contribution >= 4 is 50.4 Å². The first kappa shape index (κ1) is 39.3. The van der Waals surface area contributed by atoms with Gasteiger partial charge in [0.15, 0.2) is 11.0 Å². The Morgan fingerprint density at radius 2 is 1.35 bits per heavy atom. The second-order valence-corrected chi connectivity index (χ2v) is 15.2. The van der Waals surface area contributed by atoms with Crippen molar-refractivity contribution in [2.45, 2.75) is 86.0 Å². The van der Waals surface area contributed by atoms with Gasteiger partial charge < -0.3 is 4.90 Å². The number of para-hydroxylation sites is 2. The van der Waals surface area contributed by atoms with Crippen LogP contribution in [0.5, 0.6) is 0 Å². The summed E-state index contributed by atoms with van der Waals surface area (Å²) in [5.74, 6) is 1.18. The maximum absolute atomic E-state index is 13.8. The highest BCUT2D eigenvalue weighted by Crippen LogP contribution is 2.42. The lowest BCUT2D eigenvalue weighted by molar-refractivity contribution is 0.0942. The van der Waals surface area contributed by atoms with Crippen LogP contribution >= 0.6 is 11.3 Å². The largest absolute Gasteiger partial charge is 0.347 e. The van der Waals surface area contributed by atoms with Gasteiger partial charge in [-0.1, -0.05) is 144 Å². The monoisotopic (exact) mass is 752 g/mol. The van der Waals surface area contributed by atoms with Crippen LogP contribution in [0, 0.1) is 23.2 Å². The number of carbonyl (C=O) groups excluding carboxylic acids is 1. The first-order valence-corrected chi connectivity index (χ1v) is 20.7. The van der Waals surface area contributed by atoms with Crippen LogP contribution in [0.25, 0.3) is 11.3 Å². The summed E-state index contributed by atoms with van der Waals surface area (Å²) >= 11 is 1.57. The summed E-state index contributed by atoms with van der Waals surface area (Å²) in [6, 6.07) is 31.9. The van der Waals surface area contributed by atoms with Crippen LogP contribution in [0.2, 0.25) is 0 Å². The third-order valence-corrected chi connectivity index (χ3v) is 11.5. The van der Waals surface area contributed by atoms with Gasteiger partial charge in [0.2, 0.25) is 0 Å². The van der Waals surface area contributed by atoms with E-state index in [1.54, 1.807) is 18.3 Å². The molecular weight excluding hydrogens is 701 g/mol. The minimum Gasteiger partial charge on any atom is -0.347 e. The topological polar surface area (TPSA) is 103 Å². The zero-order valence-corrected chi connectivity index (χ0v) is 33.6. The number of hydrogen-bond donors (Lipinski definition) is 0. The zero-order valence-electron chi connectivity index (χ0n) is 32.8. The maximum Gasteiger partial charge on any atom is 0.291 e. The summed E-state index contributed by atoms with van der Waals surface area (Å²) in [6.45, 7) is 12.8. The molecule has 9 nitrogen and oxygen atoms in total. The number of benzene rings is 3. The van der Waals surface area contributed by atoms with E-state index >= 15 is 0 Å². The van der Waals surface area contributed by atoms with Gasteiger partial charge in [0, 0.05) is 35.6 Å². The van der Waals surface area contributed by atoms with Gasteiger partial charge >= 0.3 is 0 Å². The highest BCUT2D eigenvalue weighted by atomic mass is 32.1. The van der Waals surface area contributed by atoms with Gasteiger partial charge in [-0.15, -0.1) is 5.10 Å². The van der Waals surface area contributed by atoms with Crippen LogP contribution in [0.3, 0.4) is 0 Å². The van der Waals surface area contributed by atoms with Crippen molar-refractivity contribution in [3.63, 3.8) is 0 Å². The lowest BCUT2D eigenvalue weighted by atomic mass is 9.96. The number of rotatable bonds is 18. The van der Waals surface area contributed by atoms with Gasteiger partial charge in [-0.05, 0) is 55.9 Å². The fourth-order valence-electron chi connectivity index (χ4n) is 7.13. The SMILES string of the molecule is CCCCC(CC)CN(CC(CC)CCCC)c1nc(-c2ccccc2)c(N=C2C(C)=C(C#N)C(=O)n3nc(N(c4ccccc4)c4ccccc4)nc32)s1. The molecule has 0 fully saturated rings. The van der Waals surface area contributed by atoms with E-state index in [9.17, 15) is 10.1 Å². The molecule has 5 aromatic rings. The second kappa shape index (κ2) is 18.8. The van der Waals surface area contributed by atoms with Gasteiger partial charge in [0.05, 0.1) is 0 Å². The van der Waals surface area contributed by atoms with Gasteiger partial charge in [0.25, 0.3) is 11.9 Å². The van der Waals surface area contributed by atoms with E-state index in [0.717, 1.165) is 53.7 Å². The fraction of sp³-hybridized carbons (Fsp3) is 0.378. The highest BCUT2D eigenvalue weighted by molar-refractivity contribution is 7.19. The van der Waals surface area contributed by atoms with Crippen molar-refractivity contribution < 1.29 is 4.79 Å². The van der Waals surface area contributed by atoms with Crippen molar-refractivity contribution in [3.8, 4) is 17.3 Å². The maximum atomic E-state index is 13.8. The number of fused-ring (bicyclic) bond motifs is 1. The van der Waals surface area contributed by atoms with Gasteiger partial charge in [0.1, 0.15) is 28.0 Å². The Hall–Kier alpha value is -5.40. The lowest BCUT2D eigenvalue weighted by Crippen LogP contribution is -2.34. The smallest absolute Gasteiger partial charge is 0.291 e. The molecule has 1 aliphatic heterocycles. The number of allylic oxidation sites excluding steroid dienone is 2. The van der Waals surface area contributed by atoms with Crippen molar-refractivity contribution in [3.05, 3.63) is 108 Å². The standard InChI is InChI=1S/C45H52N8OS/c1-6-10-21-33(8-3)30-51(31-34(9-4)22-11-7-2)45-48-40(35-23-15-12-16-24-35)42(55-45)47-39-32(5)38(29-46)43(54)53-41(39)49-44(50-53)52(36-25-17-13-18-26-36)37-27-19-14-20-28-37/h12-20,23-28,33-34H,6-11,21-22,30-31H2,1-5H3. The van der Waals surface area contributed by atoms with Crippen molar-refractivity contribution in [2.75, 3.05) is 22.9 Å². The molecule has 6 rings (SSSR count). The van der Waals surface area contributed by atoms with E-state index in [4.69, 9.17) is 20.1 Å². The zero-order chi connectivity index (χ0) is 38.7. The van der Waals surface area contributed by atoms with Crippen LogP contribution in [-0.2, 0) is 0 Å². The molecule has 0 radical (unpaired) electrons. The van der Waals surface area contributed by atoms with Gasteiger partial charge in [-0.3, -0.25) is 9.69 Å². The van der Waals surface area contributed by atoms with Crippen LogP contribution in [0.1, 0.15) is 96.6 Å². The molecule has 0 amide bonds. The number of thiazole rings is 1. The molecule has 3 aromatic carbocycles. The molecule has 0 bridgehead atoms. The molecule has 3 heterocycles. The van der Waals surface area contributed by atoms with E-state index in [0.29, 0.717) is 34.1 Å². The fourth-order valence-corrected chi connectivity index (χ4v) is 8.11. The van der Waals surface area contributed by atoms with Crippen molar-refractivity contribution in [2.24, 2.45) is 16.8 Å². The van der Waals surface area contributed by atoms with Crippen molar-refractivity contribution in [1.82, 2.24) is 19.7 Å². The summed E-state index contributed by atoms with van der Waals surface area (Å²) < 4.78 is 1.23. The third-order valence-electron chi connectivity index (χ3n) is 10.5. The predicted molar refractivity (Wildman–Crippen MR) is 226 cm³/mol. The molecule has 0 saturated heterocycles. The van der Waals surface area contributed by atoms with E-state index in [1.807, 2.05) is 83.8 Å². The number of unbranched alkanes of at least 4 members (excludes halogenated alkanes) is 2. The summed E-state index contributed by atoms with van der Waals surface area (Å²) in [4.78, 5) is 34.0. The highest BCUT2D eigenvalue weighted by Gasteiger charge is 2.34. The van der Waals surface area contributed by atoms with E-state index < -0.39 is 5.91 Å². The number of aromatic nitrogens is 4. The Kier molecular flexibility index (Phi) is 13.4. The van der Waals surface area contributed by atoms with Crippen LogP contribution in [0.4, 0.5) is 27.5 Å². The molecule has 0 saturated carbocycles. The molecule has 0 aliphatic carbocycles. The summed E-state index contributed by atoms with van der Waals surface area (Å²) in [5, 5.41) is 16.7. The van der Waals surface area contributed by atoms with Gasteiger partial charge in [-0.25, -0.2) is 9.98 Å². The molecular formula is C45H52N8OS. The number of nitriles is 1. The Labute approximate surface area is 330 Å². The molecule has 284 valence electrons. The summed E-state index contributed by atoms with van der Waals surface area (Å²) in [6.07, 6.45) is 9.41. The van der Waals surface area contributed by atoms with E-state index in [1.165, 1.54) is 43.2 Å². The molecule has 2 aromatic heterocycles. The molecule has 2 atom stereocenters. The number of hydrogen-bond acceptors (Lipinski definition) is 9. The Bertz CT molecular complexity index is 2070. The molecule has 0 N–H and O–H groups in total. The normalized spacial score (nSPS) is 14.5. The molecule has 0 spiro atoms. The number of anilines is 4. The summed E-state index contributed by atoms with van der Waals surface area (Å²) in [7, 11) is 0. The first-order valence-electron chi connectivity index (χ1n) is 19.8. The first-order chi connectivity index (χ1) is 26.9. The average Bonchev–Trinajstić information content (AvgIpc) is 3.86. The Morgan fingerprint density at radius 3 is 1.85 bits per heavy atom. The second-order valence-electron chi connectivity index (χ2n) is 14.3.